The number of hydroxylamine groups is 1. The molecule has 2 aliphatic rings. The Labute approximate surface area is 99.1 Å². The quantitative estimate of drug-likeness (QED) is 0.772. The lowest BCUT2D eigenvalue weighted by Gasteiger charge is -2.09. The Balaban J connectivity index is 1.53. The van der Waals surface area contributed by atoms with Gasteiger partial charge in [0.2, 0.25) is 5.82 Å². The first-order chi connectivity index (χ1) is 8.33. The molecule has 92 valence electrons. The van der Waals surface area contributed by atoms with Crippen LogP contribution in [0.1, 0.15) is 60.9 Å². The first kappa shape index (κ1) is 10.7. The van der Waals surface area contributed by atoms with Crippen LogP contribution in [0, 0.1) is 0 Å². The minimum absolute atomic E-state index is 0.154. The predicted octanol–water partition coefficient (Wildman–Crippen LogP) is 1.29. The summed E-state index contributed by atoms with van der Waals surface area (Å²) in [6, 6.07) is 0. The maximum absolute atomic E-state index is 11.7. The summed E-state index contributed by atoms with van der Waals surface area (Å²) in [4.78, 5) is 21.1. The molecule has 0 radical (unpaired) electrons. The van der Waals surface area contributed by atoms with E-state index in [0.29, 0.717) is 5.92 Å². The van der Waals surface area contributed by atoms with E-state index in [4.69, 9.17) is 4.84 Å². The van der Waals surface area contributed by atoms with Crippen LogP contribution in [-0.4, -0.2) is 27.2 Å². The largest absolute Gasteiger partial charge is 0.314 e. The fourth-order valence-electron chi connectivity index (χ4n) is 2.10. The molecular weight excluding hydrogens is 220 g/mol. The van der Waals surface area contributed by atoms with Crippen molar-refractivity contribution in [1.29, 1.82) is 0 Å². The molecule has 0 bridgehead atoms. The maximum atomic E-state index is 11.7. The number of carbonyl (C=O) groups excluding carboxylic acids is 1. The highest BCUT2D eigenvalue weighted by molar-refractivity contribution is 5.89. The third kappa shape index (κ3) is 2.46. The van der Waals surface area contributed by atoms with Gasteiger partial charge >= 0.3 is 5.91 Å². The van der Waals surface area contributed by atoms with E-state index in [9.17, 15) is 4.79 Å². The molecule has 1 aromatic rings. The van der Waals surface area contributed by atoms with Gasteiger partial charge in [-0.1, -0.05) is 12.8 Å². The molecule has 0 saturated heterocycles. The molecule has 2 fully saturated rings. The van der Waals surface area contributed by atoms with Crippen molar-refractivity contribution in [3.05, 3.63) is 11.6 Å². The molecule has 1 aromatic heterocycles. The van der Waals surface area contributed by atoms with Crippen LogP contribution in [-0.2, 0) is 4.84 Å². The highest BCUT2D eigenvalue weighted by Gasteiger charge is 2.28. The number of aromatic nitrogens is 3. The summed E-state index contributed by atoms with van der Waals surface area (Å²) in [5.74, 6) is 1.10. The van der Waals surface area contributed by atoms with Crippen LogP contribution in [0.4, 0.5) is 0 Å². The van der Waals surface area contributed by atoms with Crippen LogP contribution in [0.2, 0.25) is 0 Å². The van der Waals surface area contributed by atoms with E-state index in [0.717, 1.165) is 31.5 Å². The zero-order chi connectivity index (χ0) is 11.7. The summed E-state index contributed by atoms with van der Waals surface area (Å²) < 4.78 is 0. The van der Waals surface area contributed by atoms with Gasteiger partial charge in [0, 0.05) is 5.92 Å². The van der Waals surface area contributed by atoms with Gasteiger partial charge in [0.1, 0.15) is 5.82 Å². The molecule has 0 atom stereocenters. The van der Waals surface area contributed by atoms with E-state index < -0.39 is 0 Å². The van der Waals surface area contributed by atoms with Gasteiger partial charge < -0.3 is 0 Å². The Morgan fingerprint density at radius 1 is 1.29 bits per heavy atom. The predicted molar refractivity (Wildman–Crippen MR) is 59.2 cm³/mol. The van der Waals surface area contributed by atoms with Crippen molar-refractivity contribution < 1.29 is 9.63 Å². The number of aromatic amines is 1. The van der Waals surface area contributed by atoms with Crippen molar-refractivity contribution in [3.63, 3.8) is 0 Å². The van der Waals surface area contributed by atoms with E-state index >= 15 is 0 Å². The van der Waals surface area contributed by atoms with E-state index in [-0.39, 0.29) is 17.8 Å². The highest BCUT2D eigenvalue weighted by atomic mass is 16.7. The molecule has 2 N–H and O–H groups in total. The highest BCUT2D eigenvalue weighted by Crippen LogP contribution is 2.37. The second-order valence-electron chi connectivity index (χ2n) is 4.77. The van der Waals surface area contributed by atoms with Crippen LogP contribution in [0.15, 0.2) is 0 Å². The average molecular weight is 236 g/mol. The Kier molecular flexibility index (Phi) is 2.80. The Bertz CT molecular complexity index is 407. The van der Waals surface area contributed by atoms with E-state index in [1.807, 2.05) is 0 Å². The first-order valence-corrected chi connectivity index (χ1v) is 6.21. The summed E-state index contributed by atoms with van der Waals surface area (Å²) >= 11 is 0. The first-order valence-electron chi connectivity index (χ1n) is 6.21. The van der Waals surface area contributed by atoms with Crippen molar-refractivity contribution in [3.8, 4) is 0 Å². The molecule has 6 nitrogen and oxygen atoms in total. The van der Waals surface area contributed by atoms with Crippen molar-refractivity contribution >= 4 is 5.91 Å². The van der Waals surface area contributed by atoms with Gasteiger partial charge in [-0.15, -0.1) is 5.10 Å². The molecule has 0 aromatic carbocycles. The molecular formula is C11H16N4O2. The number of rotatable bonds is 4. The minimum Gasteiger partial charge on any atom is -0.270 e. The van der Waals surface area contributed by atoms with Crippen molar-refractivity contribution in [2.75, 3.05) is 0 Å². The Morgan fingerprint density at radius 3 is 2.76 bits per heavy atom. The molecule has 3 rings (SSSR count). The normalized spacial score (nSPS) is 20.7. The van der Waals surface area contributed by atoms with Crippen LogP contribution in [0.3, 0.4) is 0 Å². The van der Waals surface area contributed by atoms with E-state index in [2.05, 4.69) is 20.7 Å². The van der Waals surface area contributed by atoms with Gasteiger partial charge in [0.15, 0.2) is 0 Å². The molecule has 0 aliphatic heterocycles. The molecule has 6 heteroatoms. The maximum Gasteiger partial charge on any atom is 0.314 e. The molecule has 17 heavy (non-hydrogen) atoms. The van der Waals surface area contributed by atoms with Gasteiger partial charge in [-0.05, 0) is 25.7 Å². The lowest BCUT2D eigenvalue weighted by molar-refractivity contribution is -0.0130. The second kappa shape index (κ2) is 4.44. The number of H-pyrrole nitrogens is 1. The standard InChI is InChI=1S/C11H16N4O2/c16-11(15-17-8-3-1-2-4-8)10-12-9(13-14-10)7-5-6-7/h7-8H,1-6H2,(H,15,16)(H,12,13,14). The number of carbonyl (C=O) groups is 1. The van der Waals surface area contributed by atoms with Gasteiger partial charge in [-0.3, -0.25) is 14.7 Å². The molecule has 2 aliphatic carbocycles. The summed E-state index contributed by atoms with van der Waals surface area (Å²) in [7, 11) is 0. The average Bonchev–Trinajstić information content (AvgIpc) is 2.88. The molecule has 0 spiro atoms. The van der Waals surface area contributed by atoms with Crippen molar-refractivity contribution in [2.24, 2.45) is 0 Å². The topological polar surface area (TPSA) is 79.9 Å². The number of nitrogens with zero attached hydrogens (tertiary/aromatic N) is 2. The van der Waals surface area contributed by atoms with Crippen LogP contribution >= 0.6 is 0 Å². The lowest BCUT2D eigenvalue weighted by atomic mass is 10.3. The van der Waals surface area contributed by atoms with Crippen LogP contribution in [0.25, 0.3) is 0 Å². The summed E-state index contributed by atoms with van der Waals surface area (Å²) in [6.45, 7) is 0. The number of hydrogen-bond acceptors (Lipinski definition) is 4. The number of amides is 1. The van der Waals surface area contributed by atoms with Gasteiger partial charge in [-0.25, -0.2) is 10.5 Å². The van der Waals surface area contributed by atoms with Gasteiger partial charge in [-0.2, -0.15) is 0 Å². The fraction of sp³-hybridized carbons (Fsp3) is 0.727. The SMILES string of the molecule is O=C(NOC1CCCC1)c1n[nH]c(C2CC2)n1. The van der Waals surface area contributed by atoms with Gasteiger partial charge in [0.25, 0.3) is 0 Å². The number of hydrogen-bond donors (Lipinski definition) is 2. The van der Waals surface area contributed by atoms with Crippen LogP contribution in [0.5, 0.6) is 0 Å². The molecule has 1 heterocycles. The summed E-state index contributed by atoms with van der Waals surface area (Å²) in [5.41, 5.74) is 2.43. The molecule has 1 amide bonds. The lowest BCUT2D eigenvalue weighted by Crippen LogP contribution is -2.29. The van der Waals surface area contributed by atoms with Crippen LogP contribution < -0.4 is 5.48 Å². The van der Waals surface area contributed by atoms with E-state index in [1.54, 1.807) is 0 Å². The molecule has 2 saturated carbocycles. The number of nitrogens with one attached hydrogen (secondary N) is 2. The third-order valence-corrected chi connectivity index (χ3v) is 3.29. The summed E-state index contributed by atoms with van der Waals surface area (Å²) in [5, 5.41) is 6.69. The van der Waals surface area contributed by atoms with Crippen molar-refractivity contribution in [2.45, 2.75) is 50.5 Å². The van der Waals surface area contributed by atoms with Crippen molar-refractivity contribution in [1.82, 2.24) is 20.7 Å². The monoisotopic (exact) mass is 236 g/mol. The Hall–Kier alpha value is -1.43. The zero-order valence-electron chi connectivity index (χ0n) is 9.61. The van der Waals surface area contributed by atoms with Gasteiger partial charge in [0.05, 0.1) is 6.10 Å². The third-order valence-electron chi connectivity index (χ3n) is 3.29. The fourth-order valence-corrected chi connectivity index (χ4v) is 2.10. The Morgan fingerprint density at radius 2 is 2.06 bits per heavy atom. The van der Waals surface area contributed by atoms with E-state index in [1.165, 1.54) is 12.8 Å². The minimum atomic E-state index is -0.361. The summed E-state index contributed by atoms with van der Waals surface area (Å²) in [6.07, 6.45) is 6.80. The smallest absolute Gasteiger partial charge is 0.270 e. The molecule has 0 unspecified atom stereocenters. The zero-order valence-corrected chi connectivity index (χ0v) is 9.61. The second-order valence-corrected chi connectivity index (χ2v) is 4.77.